The number of aromatic nitrogens is 3. The van der Waals surface area contributed by atoms with Gasteiger partial charge in [-0.05, 0) is 70.0 Å². The van der Waals surface area contributed by atoms with Crippen molar-refractivity contribution in [1.29, 1.82) is 0 Å². The Bertz CT molecular complexity index is 1370. The van der Waals surface area contributed by atoms with Crippen molar-refractivity contribution in [3.63, 3.8) is 0 Å². The number of hydrogen-bond acceptors (Lipinski definition) is 5. The van der Waals surface area contributed by atoms with E-state index < -0.39 is 5.82 Å². The first-order chi connectivity index (χ1) is 17.0. The molecule has 2 amide bonds. The van der Waals surface area contributed by atoms with E-state index in [4.69, 9.17) is 9.53 Å². The fourth-order valence-corrected chi connectivity index (χ4v) is 3.61. The molecule has 2 aromatic carbocycles. The molecule has 4 rings (SSSR count). The summed E-state index contributed by atoms with van der Waals surface area (Å²) in [4.78, 5) is 25.4. The van der Waals surface area contributed by atoms with E-state index in [1.807, 2.05) is 45.9 Å². The number of carbonyl (C=O) groups excluding carboxylic acids is 2. The third-order valence-corrected chi connectivity index (χ3v) is 5.28. The molecule has 0 fully saturated rings. The molecule has 0 aliphatic heterocycles. The number of ether oxygens (including phenoxy) is 1. The van der Waals surface area contributed by atoms with Crippen LogP contribution in [0.5, 0.6) is 11.5 Å². The molecule has 0 radical (unpaired) electrons. The molecule has 0 saturated carbocycles. The van der Waals surface area contributed by atoms with Crippen molar-refractivity contribution in [3.05, 3.63) is 77.5 Å². The summed E-state index contributed by atoms with van der Waals surface area (Å²) in [6.45, 7) is 9.82. The lowest BCUT2D eigenvalue weighted by Gasteiger charge is -2.18. The predicted molar refractivity (Wildman–Crippen MR) is 137 cm³/mol. The van der Waals surface area contributed by atoms with Gasteiger partial charge in [-0.3, -0.25) is 19.3 Å². The third kappa shape index (κ3) is 6.44. The minimum Gasteiger partial charge on any atom is -0.453 e. The maximum atomic E-state index is 15.0. The van der Waals surface area contributed by atoms with Gasteiger partial charge in [-0.2, -0.15) is 5.10 Å². The monoisotopic (exact) mass is 491 g/mol. The van der Waals surface area contributed by atoms with E-state index in [9.17, 15) is 4.79 Å². The van der Waals surface area contributed by atoms with Crippen LogP contribution in [-0.2, 0) is 21.5 Å². The predicted octanol–water partition coefficient (Wildman–Crippen LogP) is 5.02. The van der Waals surface area contributed by atoms with E-state index in [2.05, 4.69) is 21.1 Å². The number of hydrogen-bond donors (Lipinski definition) is 2. The topological polar surface area (TPSA) is 112 Å². The molecule has 2 aromatic heterocycles. The number of nitrogens with two attached hydrogens (primary N) is 1. The highest BCUT2D eigenvalue weighted by molar-refractivity contribution is 5.92. The van der Waals surface area contributed by atoms with Crippen molar-refractivity contribution in [1.82, 2.24) is 14.8 Å². The average Bonchev–Trinajstić information content (AvgIpc) is 3.26. The van der Waals surface area contributed by atoms with Crippen LogP contribution in [0.2, 0.25) is 0 Å². The van der Waals surface area contributed by atoms with Gasteiger partial charge in [0.1, 0.15) is 5.75 Å². The fourth-order valence-electron chi connectivity index (χ4n) is 3.61. The second kappa shape index (κ2) is 11.0. The number of pyridine rings is 1. The number of primary amides is 1. The number of amides is 2. The Morgan fingerprint density at radius 1 is 1.19 bits per heavy atom. The number of fused-ring (bicyclic) bond motifs is 1. The molecule has 0 spiro atoms. The largest absolute Gasteiger partial charge is 0.453 e. The van der Waals surface area contributed by atoms with E-state index in [1.165, 1.54) is 6.07 Å². The zero-order valence-electron chi connectivity index (χ0n) is 21.0. The molecule has 4 aromatic rings. The van der Waals surface area contributed by atoms with E-state index >= 15 is 4.39 Å². The lowest BCUT2D eigenvalue weighted by molar-refractivity contribution is -0.115. The normalized spacial score (nSPS) is 10.9. The smallest absolute Gasteiger partial charge is 0.228 e. The molecule has 0 aliphatic carbocycles. The zero-order valence-corrected chi connectivity index (χ0v) is 21.0. The number of aryl methyl sites for hydroxylation is 2. The summed E-state index contributed by atoms with van der Waals surface area (Å²) in [5.41, 5.74) is 7.60. The number of rotatable bonds is 5. The Kier molecular flexibility index (Phi) is 8.03. The zero-order chi connectivity index (χ0) is 26.5. The average molecular weight is 492 g/mol. The summed E-state index contributed by atoms with van der Waals surface area (Å²) < 4.78 is 22.8. The van der Waals surface area contributed by atoms with Gasteiger partial charge >= 0.3 is 0 Å². The van der Waals surface area contributed by atoms with Gasteiger partial charge in [-0.25, -0.2) is 4.39 Å². The molecular weight excluding hydrogens is 461 g/mol. The highest BCUT2D eigenvalue weighted by atomic mass is 19.1. The van der Waals surface area contributed by atoms with E-state index in [0.717, 1.165) is 16.5 Å². The fraction of sp³-hybridized carbons (Fsp3) is 0.259. The van der Waals surface area contributed by atoms with Crippen molar-refractivity contribution in [2.75, 3.05) is 5.32 Å². The van der Waals surface area contributed by atoms with Gasteiger partial charge < -0.3 is 15.8 Å². The van der Waals surface area contributed by atoms with Crippen molar-refractivity contribution in [2.45, 2.75) is 46.6 Å². The number of anilines is 1. The van der Waals surface area contributed by atoms with Crippen LogP contribution in [0.3, 0.4) is 0 Å². The Hall–Kier alpha value is -4.27. The highest BCUT2D eigenvalue weighted by Gasteiger charge is 2.17. The maximum absolute atomic E-state index is 15.0. The highest BCUT2D eigenvalue weighted by Crippen LogP contribution is 2.33. The number of carbonyl (C=O) groups is 2. The SMILES string of the molecule is Cc1ccc2nccc(Oc3c(C)cc(CC(=O)Nc4cnn(C(C)(C)C)c4)cc3F)c2c1.NC=O. The molecular formula is C27H30FN5O3. The van der Waals surface area contributed by atoms with Gasteiger partial charge in [0.15, 0.2) is 11.6 Å². The molecule has 0 aliphatic rings. The van der Waals surface area contributed by atoms with Crippen LogP contribution in [0.1, 0.15) is 37.5 Å². The van der Waals surface area contributed by atoms with Crippen LogP contribution in [0.4, 0.5) is 10.1 Å². The summed E-state index contributed by atoms with van der Waals surface area (Å²) >= 11 is 0. The molecule has 8 nitrogen and oxygen atoms in total. The van der Waals surface area contributed by atoms with Crippen LogP contribution in [-0.4, -0.2) is 27.1 Å². The molecule has 3 N–H and O–H groups in total. The Labute approximate surface area is 209 Å². The summed E-state index contributed by atoms with van der Waals surface area (Å²) in [6.07, 6.45) is 5.31. The standard InChI is InChI=1S/C26H27FN4O2.CH3NO/c1-16-6-7-22-20(10-16)23(8-9-28-22)33-25-17(2)11-18(12-21(25)27)13-24(32)30-19-14-29-31(15-19)26(3,4)5;2-1-3/h6-12,14-15H,13H2,1-5H3,(H,30,32);1H,(H2,2,3). The second-order valence-electron chi connectivity index (χ2n) is 9.36. The Morgan fingerprint density at radius 3 is 2.56 bits per heavy atom. The summed E-state index contributed by atoms with van der Waals surface area (Å²) in [5.74, 6) is -0.0887. The first-order valence-corrected chi connectivity index (χ1v) is 11.3. The van der Waals surface area contributed by atoms with Gasteiger partial charge in [0.25, 0.3) is 0 Å². The minimum atomic E-state index is -0.518. The van der Waals surface area contributed by atoms with Gasteiger partial charge in [0, 0.05) is 17.8 Å². The lowest BCUT2D eigenvalue weighted by atomic mass is 10.1. The minimum absolute atomic E-state index is 0.0378. The number of halogens is 1. The van der Waals surface area contributed by atoms with Crippen LogP contribution in [0, 0.1) is 19.7 Å². The Morgan fingerprint density at radius 2 is 1.92 bits per heavy atom. The molecule has 36 heavy (non-hydrogen) atoms. The van der Waals surface area contributed by atoms with E-state index in [1.54, 1.807) is 42.3 Å². The van der Waals surface area contributed by atoms with Crippen LogP contribution >= 0.6 is 0 Å². The van der Waals surface area contributed by atoms with Gasteiger partial charge in [-0.15, -0.1) is 0 Å². The van der Waals surface area contributed by atoms with Crippen molar-refractivity contribution >= 4 is 28.9 Å². The van der Waals surface area contributed by atoms with E-state index in [-0.39, 0.29) is 30.0 Å². The van der Waals surface area contributed by atoms with E-state index in [0.29, 0.717) is 22.6 Å². The van der Waals surface area contributed by atoms with Crippen molar-refractivity contribution in [3.8, 4) is 11.5 Å². The first kappa shape index (κ1) is 26.3. The third-order valence-electron chi connectivity index (χ3n) is 5.28. The molecule has 2 heterocycles. The first-order valence-electron chi connectivity index (χ1n) is 11.3. The Balaban J connectivity index is 0.00000115. The number of nitrogens with one attached hydrogen (secondary N) is 1. The van der Waals surface area contributed by atoms with Crippen molar-refractivity contribution < 1.29 is 18.7 Å². The molecule has 9 heteroatoms. The second-order valence-corrected chi connectivity index (χ2v) is 9.36. The lowest BCUT2D eigenvalue weighted by Crippen LogP contribution is -2.22. The molecule has 188 valence electrons. The van der Waals surface area contributed by atoms with Crippen LogP contribution < -0.4 is 15.8 Å². The maximum Gasteiger partial charge on any atom is 0.228 e. The van der Waals surface area contributed by atoms with Gasteiger partial charge in [0.05, 0.1) is 29.4 Å². The van der Waals surface area contributed by atoms with Gasteiger partial charge in [-0.1, -0.05) is 17.7 Å². The number of nitrogens with zero attached hydrogens (tertiary/aromatic N) is 3. The summed E-state index contributed by atoms with van der Waals surface area (Å²) in [7, 11) is 0. The van der Waals surface area contributed by atoms with Crippen LogP contribution in [0.25, 0.3) is 10.9 Å². The summed E-state index contributed by atoms with van der Waals surface area (Å²) in [6, 6.07) is 10.7. The van der Waals surface area contributed by atoms with Gasteiger partial charge in [0.2, 0.25) is 12.3 Å². The molecule has 0 unspecified atom stereocenters. The quantitative estimate of drug-likeness (QED) is 0.381. The molecule has 0 atom stereocenters. The molecule has 0 bridgehead atoms. The molecule has 0 saturated heterocycles. The number of benzene rings is 2. The van der Waals surface area contributed by atoms with Crippen molar-refractivity contribution in [2.24, 2.45) is 5.73 Å². The van der Waals surface area contributed by atoms with Crippen LogP contribution in [0.15, 0.2) is 55.0 Å². The summed E-state index contributed by atoms with van der Waals surface area (Å²) in [5, 5.41) is 7.91.